The Morgan fingerprint density at radius 1 is 1.11 bits per heavy atom. The molecule has 1 aliphatic rings. The number of anilines is 2. The SMILES string of the molecule is COCCCNc1ccnc(C(=O)N2CCN(c3ccc(OC)cc3)CC2)c1. The molecule has 2 aromatic rings. The average Bonchev–Trinajstić information content (AvgIpc) is 2.77. The largest absolute Gasteiger partial charge is 0.497 e. The van der Waals surface area contributed by atoms with Crippen LogP contribution in [0.5, 0.6) is 5.75 Å². The zero-order chi connectivity index (χ0) is 19.8. The monoisotopic (exact) mass is 384 g/mol. The highest BCUT2D eigenvalue weighted by Crippen LogP contribution is 2.21. The predicted octanol–water partition coefficient (Wildman–Crippen LogP) is 2.50. The number of aromatic nitrogens is 1. The third kappa shape index (κ3) is 5.13. The fourth-order valence-corrected chi connectivity index (χ4v) is 3.23. The molecule has 0 radical (unpaired) electrons. The number of amides is 1. The molecule has 1 aromatic heterocycles. The predicted molar refractivity (Wildman–Crippen MR) is 110 cm³/mol. The molecular weight excluding hydrogens is 356 g/mol. The van der Waals surface area contributed by atoms with Crippen LogP contribution in [-0.2, 0) is 4.74 Å². The van der Waals surface area contributed by atoms with Crippen molar-refractivity contribution in [2.75, 3.05) is 63.8 Å². The molecule has 0 unspecified atom stereocenters. The van der Waals surface area contributed by atoms with E-state index in [1.165, 1.54) is 0 Å². The number of carbonyl (C=O) groups is 1. The van der Waals surface area contributed by atoms with Crippen molar-refractivity contribution >= 4 is 17.3 Å². The Morgan fingerprint density at radius 3 is 2.54 bits per heavy atom. The molecule has 0 spiro atoms. The number of benzene rings is 1. The molecule has 1 N–H and O–H groups in total. The second kappa shape index (κ2) is 9.94. The maximum absolute atomic E-state index is 12.8. The Labute approximate surface area is 166 Å². The highest BCUT2D eigenvalue weighted by atomic mass is 16.5. The molecule has 1 aliphatic heterocycles. The average molecular weight is 384 g/mol. The minimum absolute atomic E-state index is 0.0186. The zero-order valence-corrected chi connectivity index (χ0v) is 16.6. The number of nitrogens with zero attached hydrogens (tertiary/aromatic N) is 3. The molecule has 1 fully saturated rings. The number of methoxy groups -OCH3 is 2. The Bertz CT molecular complexity index is 759. The second-order valence-corrected chi connectivity index (χ2v) is 6.68. The van der Waals surface area contributed by atoms with E-state index >= 15 is 0 Å². The fraction of sp³-hybridized carbons (Fsp3) is 0.429. The summed E-state index contributed by atoms with van der Waals surface area (Å²) in [6.07, 6.45) is 2.59. The third-order valence-corrected chi connectivity index (χ3v) is 4.84. The van der Waals surface area contributed by atoms with Crippen LogP contribution in [0.3, 0.4) is 0 Å². The first-order chi connectivity index (χ1) is 13.7. The van der Waals surface area contributed by atoms with E-state index < -0.39 is 0 Å². The van der Waals surface area contributed by atoms with E-state index in [9.17, 15) is 4.79 Å². The highest BCUT2D eigenvalue weighted by molar-refractivity contribution is 5.93. The topological polar surface area (TPSA) is 66.9 Å². The maximum Gasteiger partial charge on any atom is 0.272 e. The molecule has 3 rings (SSSR count). The van der Waals surface area contributed by atoms with Gasteiger partial charge < -0.3 is 24.6 Å². The smallest absolute Gasteiger partial charge is 0.272 e. The molecule has 1 saturated heterocycles. The van der Waals surface area contributed by atoms with Gasteiger partial charge in [0.1, 0.15) is 11.4 Å². The first kappa shape index (κ1) is 19.9. The summed E-state index contributed by atoms with van der Waals surface area (Å²) >= 11 is 0. The molecule has 2 heterocycles. The summed E-state index contributed by atoms with van der Waals surface area (Å²) in [6, 6.07) is 11.7. The number of piperazine rings is 1. The molecule has 0 bridgehead atoms. The van der Waals surface area contributed by atoms with Gasteiger partial charge >= 0.3 is 0 Å². The van der Waals surface area contributed by atoms with Crippen molar-refractivity contribution < 1.29 is 14.3 Å². The minimum atomic E-state index is -0.0186. The number of nitrogens with one attached hydrogen (secondary N) is 1. The summed E-state index contributed by atoms with van der Waals surface area (Å²) in [5, 5.41) is 3.31. The minimum Gasteiger partial charge on any atom is -0.497 e. The summed E-state index contributed by atoms with van der Waals surface area (Å²) in [5.74, 6) is 0.828. The van der Waals surface area contributed by atoms with Gasteiger partial charge in [0, 0.05) is 64.0 Å². The highest BCUT2D eigenvalue weighted by Gasteiger charge is 2.23. The first-order valence-corrected chi connectivity index (χ1v) is 9.58. The van der Waals surface area contributed by atoms with Gasteiger partial charge in [-0.15, -0.1) is 0 Å². The first-order valence-electron chi connectivity index (χ1n) is 9.58. The Kier molecular flexibility index (Phi) is 7.08. The summed E-state index contributed by atoms with van der Waals surface area (Å²) in [5.41, 5.74) is 2.54. The molecule has 7 nitrogen and oxygen atoms in total. The van der Waals surface area contributed by atoms with Crippen LogP contribution in [0, 0.1) is 0 Å². The van der Waals surface area contributed by atoms with Crippen molar-refractivity contribution in [2.45, 2.75) is 6.42 Å². The summed E-state index contributed by atoms with van der Waals surface area (Å²) < 4.78 is 10.3. The van der Waals surface area contributed by atoms with Crippen molar-refractivity contribution in [2.24, 2.45) is 0 Å². The van der Waals surface area contributed by atoms with Crippen molar-refractivity contribution in [3.63, 3.8) is 0 Å². The number of carbonyl (C=O) groups excluding carboxylic acids is 1. The lowest BCUT2D eigenvalue weighted by atomic mass is 10.2. The normalized spacial score (nSPS) is 14.1. The molecule has 1 amide bonds. The van der Waals surface area contributed by atoms with Crippen molar-refractivity contribution in [3.05, 3.63) is 48.3 Å². The fourth-order valence-electron chi connectivity index (χ4n) is 3.23. The van der Waals surface area contributed by atoms with E-state index in [2.05, 4.69) is 27.3 Å². The van der Waals surface area contributed by atoms with Gasteiger partial charge in [-0.25, -0.2) is 0 Å². The maximum atomic E-state index is 12.8. The third-order valence-electron chi connectivity index (χ3n) is 4.84. The summed E-state index contributed by atoms with van der Waals surface area (Å²) in [6.45, 7) is 4.46. The number of pyridine rings is 1. The van der Waals surface area contributed by atoms with Crippen LogP contribution in [0.2, 0.25) is 0 Å². The molecule has 150 valence electrons. The van der Waals surface area contributed by atoms with Crippen LogP contribution in [0.1, 0.15) is 16.9 Å². The second-order valence-electron chi connectivity index (χ2n) is 6.68. The lowest BCUT2D eigenvalue weighted by molar-refractivity contribution is 0.0741. The van der Waals surface area contributed by atoms with Crippen LogP contribution in [0.4, 0.5) is 11.4 Å². The van der Waals surface area contributed by atoms with E-state index in [4.69, 9.17) is 9.47 Å². The molecule has 1 aromatic carbocycles. The number of hydrogen-bond donors (Lipinski definition) is 1. The van der Waals surface area contributed by atoms with Crippen LogP contribution in [0.25, 0.3) is 0 Å². The van der Waals surface area contributed by atoms with Gasteiger partial charge in [0.05, 0.1) is 7.11 Å². The van der Waals surface area contributed by atoms with Crippen molar-refractivity contribution in [1.29, 1.82) is 0 Å². The molecule has 0 atom stereocenters. The molecule has 0 saturated carbocycles. The quantitative estimate of drug-likeness (QED) is 0.706. The van der Waals surface area contributed by atoms with E-state index in [0.29, 0.717) is 25.4 Å². The van der Waals surface area contributed by atoms with E-state index in [1.54, 1.807) is 20.4 Å². The lowest BCUT2D eigenvalue weighted by Crippen LogP contribution is -2.49. The molecule has 28 heavy (non-hydrogen) atoms. The van der Waals surface area contributed by atoms with Crippen molar-refractivity contribution in [1.82, 2.24) is 9.88 Å². The van der Waals surface area contributed by atoms with Crippen LogP contribution < -0.4 is 15.0 Å². The lowest BCUT2D eigenvalue weighted by Gasteiger charge is -2.36. The Hall–Kier alpha value is -2.80. The summed E-state index contributed by atoms with van der Waals surface area (Å²) in [7, 11) is 3.36. The number of rotatable bonds is 8. The van der Waals surface area contributed by atoms with Gasteiger partial charge in [-0.05, 0) is 42.8 Å². The van der Waals surface area contributed by atoms with Gasteiger partial charge in [0.25, 0.3) is 5.91 Å². The van der Waals surface area contributed by atoms with E-state index in [-0.39, 0.29) is 5.91 Å². The molecular formula is C21H28N4O3. The van der Waals surface area contributed by atoms with E-state index in [1.807, 2.05) is 29.2 Å². The molecule has 0 aliphatic carbocycles. The van der Waals surface area contributed by atoms with Crippen LogP contribution in [-0.4, -0.2) is 69.3 Å². The standard InChI is InChI=1S/C21H28N4O3/c1-27-15-3-9-22-17-8-10-23-20(16-17)21(26)25-13-11-24(12-14-25)18-4-6-19(28-2)7-5-18/h4-8,10,16H,3,9,11-15H2,1-2H3,(H,22,23). The van der Waals surface area contributed by atoms with Crippen LogP contribution >= 0.6 is 0 Å². The molecule has 7 heteroatoms. The van der Waals surface area contributed by atoms with Gasteiger partial charge in [-0.3, -0.25) is 9.78 Å². The summed E-state index contributed by atoms with van der Waals surface area (Å²) in [4.78, 5) is 21.3. The Morgan fingerprint density at radius 2 is 1.86 bits per heavy atom. The van der Waals surface area contributed by atoms with E-state index in [0.717, 1.165) is 43.2 Å². The number of hydrogen-bond acceptors (Lipinski definition) is 6. The van der Waals surface area contributed by atoms with Gasteiger partial charge in [-0.1, -0.05) is 0 Å². The zero-order valence-electron chi connectivity index (χ0n) is 16.6. The Balaban J connectivity index is 1.54. The van der Waals surface area contributed by atoms with Gasteiger partial charge in [0.2, 0.25) is 0 Å². The van der Waals surface area contributed by atoms with Gasteiger partial charge in [-0.2, -0.15) is 0 Å². The van der Waals surface area contributed by atoms with Crippen molar-refractivity contribution in [3.8, 4) is 5.75 Å². The number of ether oxygens (including phenoxy) is 2. The van der Waals surface area contributed by atoms with Crippen LogP contribution in [0.15, 0.2) is 42.6 Å². The van der Waals surface area contributed by atoms with Gasteiger partial charge in [0.15, 0.2) is 0 Å².